The predicted octanol–water partition coefficient (Wildman–Crippen LogP) is 4.53. The lowest BCUT2D eigenvalue weighted by molar-refractivity contribution is 0.0930. The fourth-order valence-electron chi connectivity index (χ4n) is 3.41. The summed E-state index contributed by atoms with van der Waals surface area (Å²) in [5.74, 6) is 0.547. The third kappa shape index (κ3) is 4.20. The van der Waals surface area contributed by atoms with Gasteiger partial charge in [0, 0.05) is 17.7 Å². The molecule has 0 aliphatic rings. The summed E-state index contributed by atoms with van der Waals surface area (Å²) in [6.45, 7) is 0.709. The molecule has 1 N–H and O–H groups in total. The van der Waals surface area contributed by atoms with Crippen molar-refractivity contribution in [1.29, 1.82) is 0 Å². The third-order valence-electron chi connectivity index (χ3n) is 4.83. The van der Waals surface area contributed by atoms with E-state index in [9.17, 15) is 4.79 Å². The molecule has 3 aromatic carbocycles. The van der Waals surface area contributed by atoms with Crippen LogP contribution in [-0.2, 0) is 0 Å². The summed E-state index contributed by atoms with van der Waals surface area (Å²) in [4.78, 5) is 15.1. The lowest BCUT2D eigenvalue weighted by Gasteiger charge is -2.23. The highest BCUT2D eigenvalue weighted by molar-refractivity contribution is 6.01. The Bertz CT molecular complexity index is 1100. The first kappa shape index (κ1) is 18.9. The van der Waals surface area contributed by atoms with E-state index in [-0.39, 0.29) is 11.9 Å². The SMILES string of the molecule is CN(C)C[C@@H](NC(=O)c1ccc2noc(-c3ccccc3)c2c1)c1ccccc1. The molecule has 4 aromatic rings. The second-order valence-electron chi connectivity index (χ2n) is 7.31. The minimum Gasteiger partial charge on any atom is -0.355 e. The van der Waals surface area contributed by atoms with Gasteiger partial charge >= 0.3 is 0 Å². The van der Waals surface area contributed by atoms with Gasteiger partial charge in [0.1, 0.15) is 5.52 Å². The van der Waals surface area contributed by atoms with E-state index in [0.29, 0.717) is 17.9 Å². The van der Waals surface area contributed by atoms with Crippen LogP contribution in [0.1, 0.15) is 22.0 Å². The Morgan fingerprint density at radius 3 is 2.38 bits per heavy atom. The molecule has 0 aliphatic carbocycles. The van der Waals surface area contributed by atoms with E-state index in [1.165, 1.54) is 0 Å². The normalized spacial score (nSPS) is 12.2. The number of nitrogens with one attached hydrogen (secondary N) is 1. The standard InChI is InChI=1S/C24H23N3O2/c1-27(2)16-22(17-9-5-3-6-10-17)25-24(28)19-13-14-21-20(15-19)23(29-26-21)18-11-7-4-8-12-18/h3-15,22H,16H2,1-2H3,(H,25,28)/t22-/m1/s1. The van der Waals surface area contributed by atoms with E-state index >= 15 is 0 Å². The van der Waals surface area contributed by atoms with Crippen molar-refractivity contribution in [2.24, 2.45) is 0 Å². The van der Waals surface area contributed by atoms with Crippen LogP contribution in [0.2, 0.25) is 0 Å². The molecule has 1 atom stereocenters. The molecule has 0 bridgehead atoms. The van der Waals surface area contributed by atoms with Gasteiger partial charge in [-0.05, 0) is 37.9 Å². The zero-order valence-electron chi connectivity index (χ0n) is 16.5. The van der Waals surface area contributed by atoms with Crippen molar-refractivity contribution in [2.75, 3.05) is 20.6 Å². The quantitative estimate of drug-likeness (QED) is 0.530. The van der Waals surface area contributed by atoms with Gasteiger partial charge in [0.2, 0.25) is 0 Å². The van der Waals surface area contributed by atoms with E-state index in [4.69, 9.17) is 4.52 Å². The molecule has 0 saturated carbocycles. The second kappa shape index (κ2) is 8.29. The Morgan fingerprint density at radius 1 is 1.00 bits per heavy atom. The lowest BCUT2D eigenvalue weighted by Crippen LogP contribution is -2.35. The number of fused-ring (bicyclic) bond motifs is 1. The largest absolute Gasteiger partial charge is 0.355 e. The number of carbonyl (C=O) groups is 1. The number of hydrogen-bond donors (Lipinski definition) is 1. The maximum absolute atomic E-state index is 13.0. The maximum Gasteiger partial charge on any atom is 0.251 e. The Balaban J connectivity index is 1.64. The molecule has 0 radical (unpaired) electrons. The highest BCUT2D eigenvalue weighted by Crippen LogP contribution is 2.29. The highest BCUT2D eigenvalue weighted by atomic mass is 16.5. The van der Waals surface area contributed by atoms with Gasteiger partial charge in [0.15, 0.2) is 5.76 Å². The highest BCUT2D eigenvalue weighted by Gasteiger charge is 2.18. The van der Waals surface area contributed by atoms with Crippen LogP contribution in [0.15, 0.2) is 83.4 Å². The predicted molar refractivity (Wildman–Crippen MR) is 115 cm³/mol. The molecular formula is C24H23N3O2. The average molecular weight is 385 g/mol. The molecule has 0 aliphatic heterocycles. The molecule has 5 nitrogen and oxygen atoms in total. The van der Waals surface area contributed by atoms with Gasteiger partial charge < -0.3 is 14.7 Å². The first-order valence-corrected chi connectivity index (χ1v) is 9.57. The topological polar surface area (TPSA) is 58.4 Å². The smallest absolute Gasteiger partial charge is 0.251 e. The maximum atomic E-state index is 13.0. The number of carbonyl (C=O) groups excluding carboxylic acids is 1. The molecule has 1 amide bonds. The van der Waals surface area contributed by atoms with Crippen LogP contribution in [-0.4, -0.2) is 36.6 Å². The average Bonchev–Trinajstić information content (AvgIpc) is 3.17. The number of hydrogen-bond acceptors (Lipinski definition) is 4. The van der Waals surface area contributed by atoms with Crippen LogP contribution >= 0.6 is 0 Å². The number of amides is 1. The molecule has 0 spiro atoms. The van der Waals surface area contributed by atoms with E-state index in [1.54, 1.807) is 6.07 Å². The van der Waals surface area contributed by atoms with Gasteiger partial charge in [-0.1, -0.05) is 65.8 Å². The van der Waals surface area contributed by atoms with Gasteiger partial charge in [-0.3, -0.25) is 4.79 Å². The van der Waals surface area contributed by atoms with Crippen LogP contribution in [0.5, 0.6) is 0 Å². The Morgan fingerprint density at radius 2 is 1.69 bits per heavy atom. The Hall–Kier alpha value is -3.44. The van der Waals surface area contributed by atoms with Crippen molar-refractivity contribution in [3.8, 4) is 11.3 Å². The summed E-state index contributed by atoms with van der Waals surface area (Å²) in [5.41, 5.74) is 3.32. The molecule has 0 fully saturated rings. The molecule has 1 heterocycles. The Labute approximate surface area is 169 Å². The number of benzene rings is 3. The number of rotatable bonds is 6. The molecular weight excluding hydrogens is 362 g/mol. The fourth-order valence-corrected chi connectivity index (χ4v) is 3.41. The van der Waals surface area contributed by atoms with Crippen molar-refractivity contribution >= 4 is 16.8 Å². The summed E-state index contributed by atoms with van der Waals surface area (Å²) in [6.07, 6.45) is 0. The number of likely N-dealkylation sites (N-methyl/N-ethyl adjacent to an activating group) is 1. The summed E-state index contributed by atoms with van der Waals surface area (Å²) < 4.78 is 5.55. The van der Waals surface area contributed by atoms with Crippen molar-refractivity contribution in [3.05, 3.63) is 90.0 Å². The van der Waals surface area contributed by atoms with Crippen molar-refractivity contribution in [3.63, 3.8) is 0 Å². The monoisotopic (exact) mass is 385 g/mol. The minimum atomic E-state index is -0.122. The first-order chi connectivity index (χ1) is 14.1. The molecule has 1 aromatic heterocycles. The van der Waals surface area contributed by atoms with Gasteiger partial charge in [0.05, 0.1) is 11.4 Å². The molecule has 5 heteroatoms. The zero-order chi connectivity index (χ0) is 20.2. The number of nitrogens with zero attached hydrogens (tertiary/aromatic N) is 2. The van der Waals surface area contributed by atoms with E-state index in [0.717, 1.165) is 22.0 Å². The van der Waals surface area contributed by atoms with Gasteiger partial charge in [0.25, 0.3) is 5.91 Å². The summed E-state index contributed by atoms with van der Waals surface area (Å²) in [5, 5.41) is 8.12. The number of aromatic nitrogens is 1. The molecule has 29 heavy (non-hydrogen) atoms. The van der Waals surface area contributed by atoms with Crippen LogP contribution < -0.4 is 5.32 Å². The van der Waals surface area contributed by atoms with Gasteiger partial charge in [-0.2, -0.15) is 0 Å². The summed E-state index contributed by atoms with van der Waals surface area (Å²) >= 11 is 0. The summed E-state index contributed by atoms with van der Waals surface area (Å²) in [7, 11) is 3.99. The van der Waals surface area contributed by atoms with Crippen molar-refractivity contribution in [2.45, 2.75) is 6.04 Å². The van der Waals surface area contributed by atoms with Crippen molar-refractivity contribution < 1.29 is 9.32 Å². The van der Waals surface area contributed by atoms with E-state index < -0.39 is 0 Å². The lowest BCUT2D eigenvalue weighted by atomic mass is 10.0. The summed E-state index contributed by atoms with van der Waals surface area (Å²) in [6, 6.07) is 25.2. The minimum absolute atomic E-state index is 0.106. The van der Waals surface area contributed by atoms with Gasteiger partial charge in [-0.15, -0.1) is 0 Å². The van der Waals surface area contributed by atoms with E-state index in [2.05, 4.69) is 15.4 Å². The van der Waals surface area contributed by atoms with Crippen LogP contribution in [0.4, 0.5) is 0 Å². The first-order valence-electron chi connectivity index (χ1n) is 9.57. The molecule has 146 valence electrons. The molecule has 4 rings (SSSR count). The van der Waals surface area contributed by atoms with Crippen LogP contribution in [0.25, 0.3) is 22.2 Å². The fraction of sp³-hybridized carbons (Fsp3) is 0.167. The van der Waals surface area contributed by atoms with Gasteiger partial charge in [-0.25, -0.2) is 0 Å². The zero-order valence-corrected chi connectivity index (χ0v) is 16.5. The second-order valence-corrected chi connectivity index (χ2v) is 7.31. The molecule has 0 unspecified atom stereocenters. The Kier molecular flexibility index (Phi) is 5.40. The van der Waals surface area contributed by atoms with E-state index in [1.807, 2.05) is 86.9 Å². The van der Waals surface area contributed by atoms with Crippen LogP contribution in [0, 0.1) is 0 Å². The third-order valence-corrected chi connectivity index (χ3v) is 4.83. The molecule has 0 saturated heterocycles. The van der Waals surface area contributed by atoms with Crippen molar-refractivity contribution in [1.82, 2.24) is 15.4 Å². The van der Waals surface area contributed by atoms with Crippen LogP contribution in [0.3, 0.4) is 0 Å².